The van der Waals surface area contributed by atoms with Crippen LogP contribution in [-0.4, -0.2) is 64.1 Å². The highest BCUT2D eigenvalue weighted by atomic mass is 32.2. The molecule has 0 fully saturated rings. The van der Waals surface area contributed by atoms with Crippen LogP contribution in [0.5, 0.6) is 5.75 Å². The van der Waals surface area contributed by atoms with Crippen molar-refractivity contribution in [3.05, 3.63) is 78.4 Å². The van der Waals surface area contributed by atoms with Gasteiger partial charge in [-0.15, -0.1) is 11.8 Å². The summed E-state index contributed by atoms with van der Waals surface area (Å²) in [5.74, 6) is 0.0130. The van der Waals surface area contributed by atoms with E-state index in [1.165, 1.54) is 53.4 Å². The molecule has 2 aromatic carbocycles. The quantitative estimate of drug-likeness (QED) is 0.452. The van der Waals surface area contributed by atoms with Crippen molar-refractivity contribution in [2.75, 3.05) is 12.4 Å². The first-order valence-corrected chi connectivity index (χ1v) is 13.0. The molecule has 176 valence electrons. The highest BCUT2D eigenvalue weighted by Crippen LogP contribution is 2.28. The van der Waals surface area contributed by atoms with Gasteiger partial charge in [0.05, 0.1) is 17.5 Å². The summed E-state index contributed by atoms with van der Waals surface area (Å²) in [5, 5.41) is 24.8. The molecule has 2 unspecified atom stereocenters. The number of nitrogens with zero attached hydrogens (tertiary/aromatic N) is 4. The number of aliphatic hydroxyl groups is 1. The number of sulfone groups is 1. The number of phenolic OH excluding ortho intramolecular Hbond substituents is 1. The molecule has 1 aliphatic rings. The number of hydrogen-bond donors (Lipinski definition) is 2. The van der Waals surface area contributed by atoms with Crippen molar-refractivity contribution in [1.82, 2.24) is 15.0 Å². The Morgan fingerprint density at radius 1 is 1.03 bits per heavy atom. The molecule has 11 heteroatoms. The van der Waals surface area contributed by atoms with Crippen molar-refractivity contribution in [3.63, 3.8) is 0 Å². The van der Waals surface area contributed by atoms with Crippen molar-refractivity contribution in [2.24, 2.45) is 11.0 Å². The number of phenols is 1. The van der Waals surface area contributed by atoms with Crippen LogP contribution >= 0.6 is 11.8 Å². The SMILES string of the molecule is O=C(c1ccc(O)cc1)N1N=CC(CSc2ccc(S(=O)(=O)Cc3ncccn3)cc2)C1CO. The number of aromatic hydroxyl groups is 1. The lowest BCUT2D eigenvalue weighted by Crippen LogP contribution is -2.40. The molecule has 3 aromatic rings. The Morgan fingerprint density at radius 3 is 2.35 bits per heavy atom. The van der Waals surface area contributed by atoms with E-state index in [4.69, 9.17) is 0 Å². The second-order valence-corrected chi connectivity index (χ2v) is 10.7. The van der Waals surface area contributed by atoms with Crippen LogP contribution in [0.3, 0.4) is 0 Å². The Hall–Kier alpha value is -3.28. The van der Waals surface area contributed by atoms with Crippen molar-refractivity contribution in [1.29, 1.82) is 0 Å². The van der Waals surface area contributed by atoms with Crippen molar-refractivity contribution < 1.29 is 23.4 Å². The maximum atomic E-state index is 12.8. The number of carbonyl (C=O) groups is 1. The van der Waals surface area contributed by atoms with Crippen molar-refractivity contribution in [3.8, 4) is 5.75 Å². The van der Waals surface area contributed by atoms with E-state index in [9.17, 15) is 23.4 Å². The van der Waals surface area contributed by atoms with E-state index in [0.717, 1.165) is 4.90 Å². The van der Waals surface area contributed by atoms with Gasteiger partial charge < -0.3 is 10.2 Å². The van der Waals surface area contributed by atoms with E-state index in [2.05, 4.69) is 15.1 Å². The molecular formula is C23H22N4O5S2. The van der Waals surface area contributed by atoms with Crippen LogP contribution in [-0.2, 0) is 15.6 Å². The summed E-state index contributed by atoms with van der Waals surface area (Å²) in [6.45, 7) is -0.256. The number of benzene rings is 2. The monoisotopic (exact) mass is 498 g/mol. The fourth-order valence-corrected chi connectivity index (χ4v) is 5.65. The molecule has 34 heavy (non-hydrogen) atoms. The van der Waals surface area contributed by atoms with E-state index < -0.39 is 15.9 Å². The molecule has 1 amide bonds. The molecule has 1 aliphatic heterocycles. The average molecular weight is 499 g/mol. The van der Waals surface area contributed by atoms with E-state index in [0.29, 0.717) is 11.3 Å². The van der Waals surface area contributed by atoms with Gasteiger partial charge in [-0.1, -0.05) is 0 Å². The van der Waals surface area contributed by atoms with Gasteiger partial charge in [0.15, 0.2) is 9.84 Å². The van der Waals surface area contributed by atoms with Gasteiger partial charge in [0, 0.05) is 40.7 Å². The molecule has 0 bridgehead atoms. The number of aromatic nitrogens is 2. The van der Waals surface area contributed by atoms with Crippen LogP contribution in [0.2, 0.25) is 0 Å². The molecule has 0 saturated carbocycles. The third-order valence-electron chi connectivity index (χ3n) is 5.26. The van der Waals surface area contributed by atoms with Gasteiger partial charge in [-0.05, 0) is 54.6 Å². The number of hydrazone groups is 1. The second kappa shape index (κ2) is 10.3. The minimum atomic E-state index is -3.57. The van der Waals surface area contributed by atoms with E-state index in [1.807, 2.05) is 0 Å². The summed E-state index contributed by atoms with van der Waals surface area (Å²) in [6, 6.07) is 13.5. The van der Waals surface area contributed by atoms with Gasteiger partial charge in [-0.3, -0.25) is 4.79 Å². The third-order valence-corrected chi connectivity index (χ3v) is 8.05. The summed E-state index contributed by atoms with van der Waals surface area (Å²) in [5.41, 5.74) is 0.361. The largest absolute Gasteiger partial charge is 0.508 e. The predicted octanol–water partition coefficient (Wildman–Crippen LogP) is 2.37. The first kappa shape index (κ1) is 23.9. The summed E-state index contributed by atoms with van der Waals surface area (Å²) in [6.07, 6.45) is 4.65. The molecular weight excluding hydrogens is 476 g/mol. The fraction of sp³-hybridized carbons (Fsp3) is 0.217. The van der Waals surface area contributed by atoms with Gasteiger partial charge >= 0.3 is 0 Å². The smallest absolute Gasteiger partial charge is 0.274 e. The maximum absolute atomic E-state index is 12.8. The minimum Gasteiger partial charge on any atom is -0.508 e. The minimum absolute atomic E-state index is 0.0571. The van der Waals surface area contributed by atoms with Gasteiger partial charge in [-0.2, -0.15) is 5.10 Å². The summed E-state index contributed by atoms with van der Waals surface area (Å²) >= 11 is 1.48. The number of hydrogen-bond acceptors (Lipinski definition) is 9. The van der Waals surface area contributed by atoms with Crippen LogP contribution in [0, 0.1) is 5.92 Å². The molecule has 2 N–H and O–H groups in total. The van der Waals surface area contributed by atoms with E-state index in [-0.39, 0.29) is 40.7 Å². The normalized spacial score (nSPS) is 17.7. The Balaban J connectivity index is 1.37. The molecule has 0 spiro atoms. The lowest BCUT2D eigenvalue weighted by atomic mass is 10.0. The Morgan fingerprint density at radius 2 is 1.71 bits per heavy atom. The zero-order valence-electron chi connectivity index (χ0n) is 17.9. The molecule has 1 aromatic heterocycles. The van der Waals surface area contributed by atoms with E-state index in [1.54, 1.807) is 36.5 Å². The number of amides is 1. The van der Waals surface area contributed by atoms with Crippen LogP contribution in [0.15, 0.2) is 81.9 Å². The van der Waals surface area contributed by atoms with E-state index >= 15 is 0 Å². The maximum Gasteiger partial charge on any atom is 0.274 e. The van der Waals surface area contributed by atoms with Gasteiger partial charge in [-0.25, -0.2) is 23.4 Å². The number of thioether (sulfide) groups is 1. The third kappa shape index (κ3) is 5.44. The second-order valence-electron chi connectivity index (χ2n) is 7.58. The van der Waals surface area contributed by atoms with Crippen molar-refractivity contribution in [2.45, 2.75) is 21.6 Å². The fourth-order valence-electron chi connectivity index (χ4n) is 3.42. The lowest BCUT2D eigenvalue weighted by molar-refractivity contribution is 0.0608. The van der Waals surface area contributed by atoms with Crippen LogP contribution < -0.4 is 0 Å². The molecule has 0 saturated heterocycles. The first-order valence-electron chi connectivity index (χ1n) is 10.4. The highest BCUT2D eigenvalue weighted by molar-refractivity contribution is 7.99. The van der Waals surface area contributed by atoms with Gasteiger partial charge in [0.2, 0.25) is 0 Å². The Labute approximate surface area is 201 Å². The van der Waals surface area contributed by atoms with Crippen LogP contribution in [0.25, 0.3) is 0 Å². The Kier molecular flexibility index (Phi) is 7.25. The zero-order chi connectivity index (χ0) is 24.1. The van der Waals surface area contributed by atoms with Gasteiger partial charge in [0.25, 0.3) is 5.91 Å². The highest BCUT2D eigenvalue weighted by Gasteiger charge is 2.35. The standard InChI is InChI=1S/C23H22N4O5S2/c28-13-21-17(12-26-27(21)23(30)16-2-4-18(29)5-3-16)14-33-19-6-8-20(9-7-19)34(31,32)15-22-24-10-1-11-25-22/h1-12,17,21,28-29H,13-15H2. The van der Waals surface area contributed by atoms with Crippen LogP contribution in [0.1, 0.15) is 16.2 Å². The Bertz CT molecular complexity index is 1270. The molecule has 4 rings (SSSR count). The van der Waals surface area contributed by atoms with Crippen molar-refractivity contribution >= 4 is 33.7 Å². The lowest BCUT2D eigenvalue weighted by Gasteiger charge is -2.24. The van der Waals surface area contributed by atoms with Gasteiger partial charge in [0.1, 0.15) is 17.3 Å². The molecule has 9 nitrogen and oxygen atoms in total. The molecule has 0 radical (unpaired) electrons. The summed E-state index contributed by atoms with van der Waals surface area (Å²) in [4.78, 5) is 21.7. The van der Waals surface area contributed by atoms with Crippen LogP contribution in [0.4, 0.5) is 0 Å². The summed E-state index contributed by atoms with van der Waals surface area (Å²) < 4.78 is 25.2. The summed E-state index contributed by atoms with van der Waals surface area (Å²) in [7, 11) is -3.57. The topological polar surface area (TPSA) is 133 Å². The predicted molar refractivity (Wildman–Crippen MR) is 127 cm³/mol. The number of rotatable bonds is 8. The number of carbonyl (C=O) groups excluding carboxylic acids is 1. The zero-order valence-corrected chi connectivity index (χ0v) is 19.6. The number of aliphatic hydroxyl groups excluding tert-OH is 1. The molecule has 2 heterocycles. The molecule has 2 atom stereocenters. The first-order chi connectivity index (χ1) is 16.4. The average Bonchev–Trinajstić information content (AvgIpc) is 3.26. The molecule has 0 aliphatic carbocycles.